The minimum Gasteiger partial charge on any atom is -0.377 e. The largest absolute Gasteiger partial charge is 0.377 e. The summed E-state index contributed by atoms with van der Waals surface area (Å²) in [4.78, 5) is 31.7. The van der Waals surface area contributed by atoms with Crippen LogP contribution in [0.1, 0.15) is 84.5 Å². The minimum absolute atomic E-state index is 0.0784. The number of aromatic nitrogens is 2. The zero-order chi connectivity index (χ0) is 24.8. The highest BCUT2D eigenvalue weighted by Crippen LogP contribution is 2.44. The van der Waals surface area contributed by atoms with E-state index >= 15 is 0 Å². The molecule has 1 atom stereocenters. The Hall–Kier alpha value is -2.79. The van der Waals surface area contributed by atoms with E-state index in [9.17, 15) is 14.7 Å². The lowest BCUT2D eigenvalue weighted by Gasteiger charge is -2.32. The molecule has 0 spiro atoms. The summed E-state index contributed by atoms with van der Waals surface area (Å²) in [5.74, 6) is 0.276. The van der Waals surface area contributed by atoms with E-state index in [1.54, 1.807) is 0 Å². The van der Waals surface area contributed by atoms with Gasteiger partial charge in [0.1, 0.15) is 5.60 Å². The quantitative estimate of drug-likeness (QED) is 0.465. The second-order valence-corrected chi connectivity index (χ2v) is 11.2. The first kappa shape index (κ1) is 22.7. The van der Waals surface area contributed by atoms with Crippen LogP contribution in [-0.2, 0) is 42.6 Å². The van der Waals surface area contributed by atoms with Crippen LogP contribution in [-0.4, -0.2) is 20.4 Å². The number of rotatable bonds is 3. The molecule has 6 rings (SSSR count). The molecule has 182 valence electrons. The lowest BCUT2D eigenvalue weighted by atomic mass is 9.77. The van der Waals surface area contributed by atoms with E-state index in [1.165, 1.54) is 39.6 Å². The van der Waals surface area contributed by atoms with Crippen molar-refractivity contribution in [1.29, 1.82) is 0 Å². The number of hydrogen-bond acceptors (Lipinski definition) is 4. The molecule has 0 saturated carbocycles. The van der Waals surface area contributed by atoms with Crippen LogP contribution in [0.15, 0.2) is 10.9 Å². The third-order valence-electron chi connectivity index (χ3n) is 8.86. The Kier molecular flexibility index (Phi) is 4.92. The standard InChI is InChI=1S/C30H34N2O3/c1-6-30(35)23-13-24-28-22(14-32(24)29(34)20(23)10-11-25(30)33)21(12-15(2)3)26-16(4)18-8-7-9-19(18)17(5)27(26)31-28/h13,15,35H,6-12,14H2,1-5H3/t30-/m0/s1. The van der Waals surface area contributed by atoms with E-state index in [4.69, 9.17) is 4.98 Å². The number of fused-ring (bicyclic) bond motifs is 6. The zero-order valence-electron chi connectivity index (χ0n) is 21.5. The summed E-state index contributed by atoms with van der Waals surface area (Å²) >= 11 is 0. The number of carbonyl (C=O) groups excluding carboxylic acids is 1. The molecule has 2 aliphatic carbocycles. The van der Waals surface area contributed by atoms with Crippen molar-refractivity contribution in [3.05, 3.63) is 60.9 Å². The maximum atomic E-state index is 13.7. The highest BCUT2D eigenvalue weighted by atomic mass is 16.3. The summed E-state index contributed by atoms with van der Waals surface area (Å²) in [6.07, 6.45) is 5.23. The average molecular weight is 471 g/mol. The summed E-state index contributed by atoms with van der Waals surface area (Å²) < 4.78 is 1.84. The Bertz CT molecular complexity index is 1510. The van der Waals surface area contributed by atoms with Crippen LogP contribution in [0.4, 0.5) is 0 Å². The number of benzene rings is 1. The summed E-state index contributed by atoms with van der Waals surface area (Å²) in [6, 6.07) is 1.90. The zero-order valence-corrected chi connectivity index (χ0v) is 21.5. The van der Waals surface area contributed by atoms with Crippen LogP contribution in [0, 0.1) is 19.8 Å². The number of aliphatic hydroxyl groups is 1. The van der Waals surface area contributed by atoms with Crippen molar-refractivity contribution < 1.29 is 9.90 Å². The number of ketones is 1. The van der Waals surface area contributed by atoms with E-state index < -0.39 is 5.60 Å². The van der Waals surface area contributed by atoms with Gasteiger partial charge in [-0.25, -0.2) is 4.98 Å². The summed E-state index contributed by atoms with van der Waals surface area (Å²) in [7, 11) is 0. The van der Waals surface area contributed by atoms with Crippen LogP contribution < -0.4 is 5.56 Å². The van der Waals surface area contributed by atoms with E-state index in [1.807, 2.05) is 17.6 Å². The molecule has 1 aliphatic heterocycles. The lowest BCUT2D eigenvalue weighted by Crippen LogP contribution is -2.43. The summed E-state index contributed by atoms with van der Waals surface area (Å²) in [5, 5.41) is 12.6. The summed E-state index contributed by atoms with van der Waals surface area (Å²) in [5.41, 5.74) is 10.1. The van der Waals surface area contributed by atoms with Gasteiger partial charge in [0.05, 0.1) is 23.4 Å². The molecule has 3 aliphatic rings. The molecule has 2 aromatic heterocycles. The Labute approximate surface area is 206 Å². The molecular formula is C30H34N2O3. The van der Waals surface area contributed by atoms with Gasteiger partial charge in [0.15, 0.2) is 5.78 Å². The molecule has 5 nitrogen and oxygen atoms in total. The van der Waals surface area contributed by atoms with Crippen molar-refractivity contribution in [3.63, 3.8) is 0 Å². The first-order chi connectivity index (χ1) is 16.7. The third kappa shape index (κ3) is 2.94. The van der Waals surface area contributed by atoms with Crippen LogP contribution in [0.5, 0.6) is 0 Å². The van der Waals surface area contributed by atoms with Gasteiger partial charge < -0.3 is 9.67 Å². The van der Waals surface area contributed by atoms with Crippen molar-refractivity contribution in [2.75, 3.05) is 0 Å². The van der Waals surface area contributed by atoms with E-state index in [0.717, 1.165) is 41.7 Å². The van der Waals surface area contributed by atoms with Gasteiger partial charge in [-0.3, -0.25) is 9.59 Å². The van der Waals surface area contributed by atoms with Crippen LogP contribution in [0.2, 0.25) is 0 Å². The molecule has 0 bridgehead atoms. The van der Waals surface area contributed by atoms with Crippen LogP contribution in [0.3, 0.4) is 0 Å². The highest BCUT2D eigenvalue weighted by Gasteiger charge is 2.43. The first-order valence-electron chi connectivity index (χ1n) is 13.2. The number of Topliss-reactive ketones (excluding diaryl/α,β-unsaturated/α-hetero) is 1. The number of nitrogens with zero attached hydrogens (tertiary/aromatic N) is 2. The second kappa shape index (κ2) is 7.60. The Morgan fingerprint density at radius 3 is 2.43 bits per heavy atom. The second-order valence-electron chi connectivity index (χ2n) is 11.2. The van der Waals surface area contributed by atoms with Crippen molar-refractivity contribution in [2.24, 2.45) is 5.92 Å². The monoisotopic (exact) mass is 470 g/mol. The summed E-state index contributed by atoms with van der Waals surface area (Å²) in [6.45, 7) is 11.3. The van der Waals surface area contributed by atoms with Gasteiger partial charge in [0.25, 0.3) is 5.56 Å². The van der Waals surface area contributed by atoms with Crippen LogP contribution in [0.25, 0.3) is 22.3 Å². The van der Waals surface area contributed by atoms with E-state index in [2.05, 4.69) is 27.7 Å². The van der Waals surface area contributed by atoms with Gasteiger partial charge in [-0.05, 0) is 92.2 Å². The SMILES string of the molecule is CC[C@@]1(O)C(=O)CCc2c1cc1n(c2=O)Cc2c-1nc1c(C)c3c(c(C)c1c2CC(C)C)CCC3. The number of aryl methyl sites for hydroxylation is 2. The smallest absolute Gasteiger partial charge is 0.254 e. The molecule has 0 unspecified atom stereocenters. The normalized spacial score (nSPS) is 20.4. The maximum Gasteiger partial charge on any atom is 0.254 e. The Balaban J connectivity index is 1.70. The topological polar surface area (TPSA) is 72.2 Å². The van der Waals surface area contributed by atoms with Gasteiger partial charge >= 0.3 is 0 Å². The number of carbonyl (C=O) groups is 1. The molecule has 3 heterocycles. The van der Waals surface area contributed by atoms with Gasteiger partial charge in [0, 0.05) is 28.5 Å². The third-order valence-corrected chi connectivity index (χ3v) is 8.86. The molecule has 1 aromatic carbocycles. The maximum absolute atomic E-state index is 13.7. The first-order valence-corrected chi connectivity index (χ1v) is 13.2. The molecule has 0 fully saturated rings. The van der Waals surface area contributed by atoms with E-state index in [-0.39, 0.29) is 24.2 Å². The fraction of sp³-hybridized carbons (Fsp3) is 0.500. The predicted molar refractivity (Wildman–Crippen MR) is 138 cm³/mol. The fourth-order valence-electron chi connectivity index (χ4n) is 7.02. The molecule has 1 N–H and O–H groups in total. The average Bonchev–Trinajstić information content (AvgIpc) is 3.46. The van der Waals surface area contributed by atoms with Gasteiger partial charge in [-0.2, -0.15) is 0 Å². The Morgan fingerprint density at radius 2 is 1.74 bits per heavy atom. The van der Waals surface area contributed by atoms with E-state index in [0.29, 0.717) is 30.0 Å². The molecular weight excluding hydrogens is 436 g/mol. The number of pyridine rings is 2. The molecule has 35 heavy (non-hydrogen) atoms. The molecule has 5 heteroatoms. The molecule has 0 saturated heterocycles. The highest BCUT2D eigenvalue weighted by molar-refractivity contribution is 5.95. The minimum atomic E-state index is -1.59. The Morgan fingerprint density at radius 1 is 1.03 bits per heavy atom. The van der Waals surface area contributed by atoms with Gasteiger partial charge in [0.2, 0.25) is 0 Å². The van der Waals surface area contributed by atoms with Gasteiger partial charge in [-0.1, -0.05) is 20.8 Å². The predicted octanol–water partition coefficient (Wildman–Crippen LogP) is 4.84. The number of hydrogen-bond donors (Lipinski definition) is 1. The van der Waals surface area contributed by atoms with Crippen molar-refractivity contribution >= 4 is 16.7 Å². The molecule has 0 amide bonds. The lowest BCUT2D eigenvalue weighted by molar-refractivity contribution is -0.140. The van der Waals surface area contributed by atoms with Gasteiger partial charge in [-0.15, -0.1) is 0 Å². The van der Waals surface area contributed by atoms with Crippen LogP contribution >= 0.6 is 0 Å². The molecule has 3 aromatic rings. The van der Waals surface area contributed by atoms with Crippen molar-refractivity contribution in [3.8, 4) is 11.4 Å². The van der Waals surface area contributed by atoms with Crippen molar-refractivity contribution in [1.82, 2.24) is 9.55 Å². The fourth-order valence-corrected chi connectivity index (χ4v) is 7.02. The molecule has 0 radical (unpaired) electrons. The van der Waals surface area contributed by atoms with Crippen molar-refractivity contribution in [2.45, 2.75) is 91.7 Å².